The van der Waals surface area contributed by atoms with E-state index in [9.17, 15) is 4.79 Å². The molecular weight excluding hydrogens is 202 g/mol. The summed E-state index contributed by atoms with van der Waals surface area (Å²) in [5, 5.41) is 0.291. The molecule has 0 atom stereocenters. The molecule has 0 heterocycles. The van der Waals surface area contributed by atoms with E-state index in [4.69, 9.17) is 22.1 Å². The molecule has 0 aliphatic carbocycles. The van der Waals surface area contributed by atoms with Crippen LogP contribution in [0.25, 0.3) is 0 Å². The molecular formula is C10H10ClNO2. The van der Waals surface area contributed by atoms with Crippen LogP contribution in [0.3, 0.4) is 0 Å². The Hall–Kier alpha value is -1.48. The molecule has 0 aliphatic heterocycles. The highest BCUT2D eigenvalue weighted by Gasteiger charge is 2.14. The van der Waals surface area contributed by atoms with Crippen LogP contribution in [-0.4, -0.2) is 12.6 Å². The normalized spacial score (nSPS) is 9.50. The van der Waals surface area contributed by atoms with Crippen molar-refractivity contribution in [1.82, 2.24) is 0 Å². The monoisotopic (exact) mass is 211 g/mol. The maximum Gasteiger partial charge on any atom is 0.342 e. The van der Waals surface area contributed by atoms with Gasteiger partial charge in [-0.3, -0.25) is 0 Å². The largest absolute Gasteiger partial charge is 0.458 e. The SMILES string of the molecule is C=CCOC(=O)c1c(N)cccc1Cl. The minimum atomic E-state index is -0.534. The molecule has 0 radical (unpaired) electrons. The number of hydrogen-bond acceptors (Lipinski definition) is 3. The Labute approximate surface area is 87.1 Å². The molecule has 0 saturated heterocycles. The van der Waals surface area contributed by atoms with Crippen LogP contribution in [0.5, 0.6) is 0 Å². The zero-order valence-electron chi connectivity index (χ0n) is 7.50. The number of hydrogen-bond donors (Lipinski definition) is 1. The van der Waals surface area contributed by atoms with Gasteiger partial charge in [0.15, 0.2) is 0 Å². The van der Waals surface area contributed by atoms with Crippen molar-refractivity contribution in [1.29, 1.82) is 0 Å². The summed E-state index contributed by atoms with van der Waals surface area (Å²) in [6.07, 6.45) is 1.48. The first-order valence-corrected chi connectivity index (χ1v) is 4.36. The van der Waals surface area contributed by atoms with Crippen LogP contribution in [0.2, 0.25) is 5.02 Å². The molecule has 14 heavy (non-hydrogen) atoms. The maximum absolute atomic E-state index is 11.4. The number of anilines is 1. The van der Waals surface area contributed by atoms with Crippen molar-refractivity contribution in [3.63, 3.8) is 0 Å². The van der Waals surface area contributed by atoms with Gasteiger partial charge in [-0.05, 0) is 12.1 Å². The van der Waals surface area contributed by atoms with Gasteiger partial charge in [-0.2, -0.15) is 0 Å². The third-order valence-corrected chi connectivity index (χ3v) is 1.90. The Morgan fingerprint density at radius 1 is 1.64 bits per heavy atom. The smallest absolute Gasteiger partial charge is 0.342 e. The second-order valence-corrected chi connectivity index (χ2v) is 3.00. The number of nitrogens with two attached hydrogens (primary N) is 1. The molecule has 0 spiro atoms. The molecule has 0 unspecified atom stereocenters. The first kappa shape index (κ1) is 10.6. The predicted molar refractivity (Wildman–Crippen MR) is 56.3 cm³/mol. The number of rotatable bonds is 3. The van der Waals surface area contributed by atoms with Gasteiger partial charge in [0, 0.05) is 5.69 Å². The summed E-state index contributed by atoms with van der Waals surface area (Å²) < 4.78 is 4.82. The standard InChI is InChI=1S/C10H10ClNO2/c1-2-6-14-10(13)9-7(11)4-3-5-8(9)12/h2-5H,1,6,12H2. The van der Waals surface area contributed by atoms with Crippen molar-refractivity contribution < 1.29 is 9.53 Å². The molecule has 0 fully saturated rings. The van der Waals surface area contributed by atoms with Crippen LogP contribution in [0.15, 0.2) is 30.9 Å². The number of benzene rings is 1. The highest BCUT2D eigenvalue weighted by molar-refractivity contribution is 6.34. The van der Waals surface area contributed by atoms with Gasteiger partial charge in [0.25, 0.3) is 0 Å². The Bertz CT molecular complexity index is 343. The molecule has 3 nitrogen and oxygen atoms in total. The molecule has 0 aliphatic rings. The van der Waals surface area contributed by atoms with E-state index in [2.05, 4.69) is 6.58 Å². The summed E-state index contributed by atoms with van der Waals surface area (Å²) >= 11 is 5.80. The van der Waals surface area contributed by atoms with E-state index in [1.165, 1.54) is 6.08 Å². The van der Waals surface area contributed by atoms with E-state index in [0.717, 1.165) is 0 Å². The molecule has 0 aromatic heterocycles. The number of halogens is 1. The first-order valence-electron chi connectivity index (χ1n) is 3.99. The lowest BCUT2D eigenvalue weighted by atomic mass is 10.2. The molecule has 74 valence electrons. The summed E-state index contributed by atoms with van der Waals surface area (Å²) in [6.45, 7) is 3.57. The lowest BCUT2D eigenvalue weighted by molar-refractivity contribution is 0.0551. The molecule has 0 saturated carbocycles. The van der Waals surface area contributed by atoms with Crippen molar-refractivity contribution in [2.75, 3.05) is 12.3 Å². The van der Waals surface area contributed by atoms with E-state index in [0.29, 0.717) is 10.7 Å². The topological polar surface area (TPSA) is 52.3 Å². The lowest BCUT2D eigenvalue weighted by Gasteiger charge is -2.06. The van der Waals surface area contributed by atoms with Crippen molar-refractivity contribution in [3.8, 4) is 0 Å². The van der Waals surface area contributed by atoms with E-state index in [1.54, 1.807) is 18.2 Å². The third-order valence-electron chi connectivity index (χ3n) is 1.58. The summed E-state index contributed by atoms with van der Waals surface area (Å²) in [7, 11) is 0. The Kier molecular flexibility index (Phi) is 3.54. The van der Waals surface area contributed by atoms with Gasteiger partial charge in [-0.25, -0.2) is 4.79 Å². The molecule has 0 amide bonds. The Morgan fingerprint density at radius 3 is 2.93 bits per heavy atom. The number of ether oxygens (including phenoxy) is 1. The number of carbonyl (C=O) groups excluding carboxylic acids is 1. The van der Waals surface area contributed by atoms with Crippen LogP contribution in [0.1, 0.15) is 10.4 Å². The van der Waals surface area contributed by atoms with Crippen molar-refractivity contribution in [3.05, 3.63) is 41.4 Å². The van der Waals surface area contributed by atoms with Crippen LogP contribution < -0.4 is 5.73 Å². The van der Waals surface area contributed by atoms with Gasteiger partial charge in [0.1, 0.15) is 12.2 Å². The molecule has 4 heteroatoms. The number of nitrogen functional groups attached to an aromatic ring is 1. The minimum Gasteiger partial charge on any atom is -0.458 e. The fourth-order valence-corrected chi connectivity index (χ4v) is 1.22. The zero-order valence-corrected chi connectivity index (χ0v) is 8.25. The summed E-state index contributed by atoms with van der Waals surface area (Å²) in [4.78, 5) is 11.4. The maximum atomic E-state index is 11.4. The van der Waals surface area contributed by atoms with Crippen molar-refractivity contribution >= 4 is 23.3 Å². The van der Waals surface area contributed by atoms with Gasteiger partial charge in [-0.1, -0.05) is 30.3 Å². The Balaban J connectivity index is 2.94. The zero-order chi connectivity index (χ0) is 10.6. The van der Waals surface area contributed by atoms with Crippen molar-refractivity contribution in [2.24, 2.45) is 0 Å². The summed E-state index contributed by atoms with van der Waals surface area (Å²) in [6, 6.07) is 4.85. The van der Waals surface area contributed by atoms with E-state index in [1.807, 2.05) is 0 Å². The van der Waals surface area contributed by atoms with Crippen LogP contribution >= 0.6 is 11.6 Å². The fraction of sp³-hybridized carbons (Fsp3) is 0.100. The molecule has 0 bridgehead atoms. The van der Waals surface area contributed by atoms with Crippen molar-refractivity contribution in [2.45, 2.75) is 0 Å². The summed E-state index contributed by atoms with van der Waals surface area (Å²) in [5.74, 6) is -0.534. The van der Waals surface area contributed by atoms with Gasteiger partial charge in [0.2, 0.25) is 0 Å². The van der Waals surface area contributed by atoms with Gasteiger partial charge >= 0.3 is 5.97 Å². The summed E-state index contributed by atoms with van der Waals surface area (Å²) in [5.41, 5.74) is 6.10. The third kappa shape index (κ3) is 2.26. The second-order valence-electron chi connectivity index (χ2n) is 2.59. The van der Waals surface area contributed by atoms with Crippen LogP contribution in [-0.2, 0) is 4.74 Å². The fourth-order valence-electron chi connectivity index (χ4n) is 0.963. The highest BCUT2D eigenvalue weighted by Crippen LogP contribution is 2.22. The Morgan fingerprint density at radius 2 is 2.36 bits per heavy atom. The van der Waals surface area contributed by atoms with Gasteiger partial charge < -0.3 is 10.5 Å². The highest BCUT2D eigenvalue weighted by atomic mass is 35.5. The average molecular weight is 212 g/mol. The van der Waals surface area contributed by atoms with Crippen LogP contribution in [0, 0.1) is 0 Å². The predicted octanol–water partition coefficient (Wildman–Crippen LogP) is 2.27. The number of carbonyl (C=O) groups is 1. The van der Waals surface area contributed by atoms with Crippen LogP contribution in [0.4, 0.5) is 5.69 Å². The van der Waals surface area contributed by atoms with E-state index < -0.39 is 5.97 Å². The second kappa shape index (κ2) is 4.67. The van der Waals surface area contributed by atoms with E-state index in [-0.39, 0.29) is 12.2 Å². The number of esters is 1. The molecule has 1 aromatic rings. The average Bonchev–Trinajstić information content (AvgIpc) is 2.14. The molecule has 1 rings (SSSR count). The first-order chi connectivity index (χ1) is 6.66. The van der Waals surface area contributed by atoms with Gasteiger partial charge in [0.05, 0.1) is 5.02 Å². The molecule has 1 aromatic carbocycles. The minimum absolute atomic E-state index is 0.142. The molecule has 2 N–H and O–H groups in total. The van der Waals surface area contributed by atoms with E-state index >= 15 is 0 Å². The lowest BCUT2D eigenvalue weighted by Crippen LogP contribution is -2.08. The van der Waals surface area contributed by atoms with Gasteiger partial charge in [-0.15, -0.1) is 0 Å². The quantitative estimate of drug-likeness (QED) is 0.474.